The zero-order valence-corrected chi connectivity index (χ0v) is 87.3. The number of imidazole rings is 1. The minimum Gasteiger partial charge on any atom is -1.00 e. The number of fused-ring (bicyclic) bond motifs is 2. The highest BCUT2D eigenvalue weighted by molar-refractivity contribution is 6.30. The van der Waals surface area contributed by atoms with Crippen LogP contribution in [0, 0.1) is 0 Å². The number of nitrogens with two attached hydrogens (primary N) is 2. The first-order valence-electron chi connectivity index (χ1n) is 46.4. The maximum atomic E-state index is 10.1. The van der Waals surface area contributed by atoms with Crippen LogP contribution in [0.15, 0.2) is 394 Å². The third-order valence-electron chi connectivity index (χ3n) is 22.9. The fraction of sp³-hybridized carbons (Fsp3) is 0.244. The molecule has 1 aliphatic heterocycles. The van der Waals surface area contributed by atoms with Crippen molar-refractivity contribution in [1.82, 2.24) is 9.25 Å². The van der Waals surface area contributed by atoms with Gasteiger partial charge >= 0.3 is 5.95 Å². The van der Waals surface area contributed by atoms with E-state index in [2.05, 4.69) is 128 Å². The minimum absolute atomic E-state index is 0. The van der Waals surface area contributed by atoms with Crippen molar-refractivity contribution < 1.29 is 76.0 Å². The number of para-hydroxylation sites is 2. The molecule has 790 valence electrons. The molecule has 1 fully saturated rings. The van der Waals surface area contributed by atoms with Gasteiger partial charge in [0.1, 0.15) is 83.2 Å². The Balaban J connectivity index is 0.000000437. The number of rotatable bonds is 21. The summed E-state index contributed by atoms with van der Waals surface area (Å²) in [5.41, 5.74) is 29.7. The molecule has 0 spiro atoms. The van der Waals surface area contributed by atoms with Crippen LogP contribution in [0.3, 0.4) is 0 Å². The molecule has 8 aromatic heterocycles. The highest BCUT2D eigenvalue weighted by atomic mass is 35.5. The van der Waals surface area contributed by atoms with E-state index in [1.54, 1.807) is 20.3 Å². The Morgan fingerprint density at radius 3 is 1.31 bits per heavy atom. The van der Waals surface area contributed by atoms with Crippen molar-refractivity contribution in [2.45, 2.75) is 88.1 Å². The predicted octanol–water partition coefficient (Wildman–Crippen LogP) is 16.5. The summed E-state index contributed by atoms with van der Waals surface area (Å²) >= 11 is 12.0. The molecule has 18 rings (SSSR count). The van der Waals surface area contributed by atoms with Crippen molar-refractivity contribution in [2.24, 2.45) is 111 Å². The van der Waals surface area contributed by atoms with Crippen LogP contribution in [0.25, 0.3) is 35.2 Å². The van der Waals surface area contributed by atoms with Gasteiger partial charge in [-0.25, -0.2) is 36.5 Å². The maximum absolute atomic E-state index is 10.1. The van der Waals surface area contributed by atoms with Gasteiger partial charge in [-0.1, -0.05) is 134 Å². The molecule has 31 heteroatoms. The van der Waals surface area contributed by atoms with Crippen molar-refractivity contribution in [3.05, 3.63) is 409 Å². The van der Waals surface area contributed by atoms with E-state index in [1.165, 1.54) is 22.5 Å². The first kappa shape index (κ1) is 128. The average molecular weight is 2110 g/mol. The molecule has 9 heterocycles. The number of azo groups is 2. The van der Waals surface area contributed by atoms with Gasteiger partial charge < -0.3 is 50.9 Å². The molecule has 1 aliphatic carbocycles. The number of nitrogen functional groups attached to an aromatic ring is 2. The number of phenols is 1. The lowest BCUT2D eigenvalue weighted by Gasteiger charge is -2.20. The summed E-state index contributed by atoms with van der Waals surface area (Å²) in [5.74, 6) is 2.62. The smallest absolute Gasteiger partial charge is 0.421 e. The van der Waals surface area contributed by atoms with Gasteiger partial charge in [0.2, 0.25) is 23.3 Å². The van der Waals surface area contributed by atoms with E-state index in [9.17, 15) is 5.11 Å². The number of methoxy groups -OCH3 is 2. The number of halogens is 4. The summed E-state index contributed by atoms with van der Waals surface area (Å²) < 4.78 is 30.1. The first-order chi connectivity index (χ1) is 68.7. The number of phenolic OH excluding ortho intramolecular Hbond substituents is 1. The van der Waals surface area contributed by atoms with Gasteiger partial charge in [0, 0.05) is 145 Å². The lowest BCUT2D eigenvalue weighted by Crippen LogP contribution is -3.00. The molecule has 1 saturated carbocycles. The Labute approximate surface area is 912 Å². The largest absolute Gasteiger partial charge is 1.00 e. The lowest BCUT2D eigenvalue weighted by atomic mass is 9.96. The number of benzene rings is 8. The molecule has 2 aliphatic rings. The normalized spacial score (nSPS) is 12.4. The molecule has 5 N–H and O–H groups in total. The third kappa shape index (κ3) is 41.8. The molecule has 0 radical (unpaired) electrons. The number of hydrogen-bond donors (Lipinski definition) is 3. The van der Waals surface area contributed by atoms with Gasteiger partial charge in [-0.3, -0.25) is 20.0 Å². The van der Waals surface area contributed by atoms with E-state index in [4.69, 9.17) is 44.1 Å². The number of anilines is 6. The number of hydrazone groups is 4. The standard InChI is InChI=1S/C15H19ClN4O.C15H18N3O.C15H16N3.C14H15ClN3.C14H16N3.2C14H14N2.C12H15N4O.6CH4.2ClH/c1-19-9-10-3-8-13(21)14(15(10)20(19)2)18-17-12-6-4-11(16)5-7-12;1-17-10-8-13(9-11-17)12-16-18(2)14-4-6-15(19-3)7-5-14;1-17-10-5-4-7-14(17)12-16-18-11-9-13-6-2-3-8-15(13)18;1-17-10-4-3-5-14(17)11-16-18(2)13-8-6-12(15)7-9-13;1-16-10-8-13(9-11-16)12-15-17(2)14-6-4-3-5-7-14;1-16-10-8-13(9-11-16)3-2-12-4-6-14(15)7-5-12;1-16-11-3-2-4-14(16)10-7-12-5-8-13(15)9-6-12;1-15-8-9-16(2)12(15)14-13-10-4-6-11(17-3)7-5-10;;;;;;;;/h3,8-9,11-12H,4-7H2,1-2H3;4-12H,1-3H3;2-8,10,12H,9,11H2,1H3;3-11H,1-2H3;3-12H,1-2H3;2*2-11,15H,1H3;4-9H,1-3H3;6*1H4;2*1H/q;4*+1;;;+1;;;;;;;;/p+1. The van der Waals surface area contributed by atoms with Crippen molar-refractivity contribution in [1.29, 1.82) is 0 Å². The quantitative estimate of drug-likeness (QED) is 0.0154. The molecule has 8 aromatic carbocycles. The predicted molar refractivity (Wildman–Crippen MR) is 616 cm³/mol. The van der Waals surface area contributed by atoms with Crippen molar-refractivity contribution in [3.63, 3.8) is 0 Å². The van der Waals surface area contributed by atoms with Gasteiger partial charge in [0.15, 0.2) is 68.5 Å². The molecule has 27 nitrogen and oxygen atoms in total. The summed E-state index contributed by atoms with van der Waals surface area (Å²) in [6.45, 7) is 0.965. The summed E-state index contributed by atoms with van der Waals surface area (Å²) in [4.78, 5) is 0. The van der Waals surface area contributed by atoms with Crippen LogP contribution >= 0.6 is 23.2 Å². The van der Waals surface area contributed by atoms with Crippen LogP contribution < -0.4 is 102 Å². The van der Waals surface area contributed by atoms with Crippen molar-refractivity contribution >= 4 is 135 Å². The first-order valence-corrected chi connectivity index (χ1v) is 47.3. The van der Waals surface area contributed by atoms with E-state index in [0.29, 0.717) is 5.69 Å². The minimum atomic E-state index is 0. The maximum Gasteiger partial charge on any atom is 0.421 e. The Bertz CT molecular complexity index is 6800. The SMILES string of the molecule is C.C.C.C.C.C.CN(N=Cc1cc[n+](C)cc1)c1ccccc1.CN(N=Cc1cccc[n+]1C)c1ccc(Cl)cc1.COc1ccc(N(C)N=Cc2cc[n+](C)cc2)cc1.COc1ccc(N=Nc2n(C)cc[n+]2C)cc1.C[n+]1ccc(C=Cc2ccc(N)cc2)cc1.C[n+]1ccccc1C=Cc1ccc(N)cc1.C[n+]1ccccc1C=NN1CCc2ccccc21.Cn1c2c(N=NC3CCC(Cl)CC3)c(O)ccc2c[n+]1C.[Cl-].[Cl-]. The average Bonchev–Trinajstić information content (AvgIpc) is 1.63. The van der Waals surface area contributed by atoms with Crippen LogP contribution in [-0.4, -0.2) is 92.5 Å². The van der Waals surface area contributed by atoms with Gasteiger partial charge in [-0.2, -0.15) is 30.2 Å². The highest BCUT2D eigenvalue weighted by Crippen LogP contribution is 2.36. The Morgan fingerprint density at radius 1 is 0.413 bits per heavy atom. The summed E-state index contributed by atoms with van der Waals surface area (Å²) in [6, 6.07) is 91.2. The molecule has 0 unspecified atom stereocenters. The molecule has 16 aromatic rings. The number of aromatic nitrogens is 10. The Morgan fingerprint density at radius 2 is 0.833 bits per heavy atom. The number of nitrogens with zero attached hydrogens (tertiary/aromatic N) is 22. The van der Waals surface area contributed by atoms with Gasteiger partial charge in [0.25, 0.3) is 0 Å². The van der Waals surface area contributed by atoms with Gasteiger partial charge in [0.05, 0.1) is 94.4 Å². The van der Waals surface area contributed by atoms with Gasteiger partial charge in [-0.05, 0) is 206 Å². The molecular weight excluding hydrogens is 1960 g/mol. The molecule has 0 amide bonds. The fourth-order valence-corrected chi connectivity index (χ4v) is 14.5. The summed E-state index contributed by atoms with van der Waals surface area (Å²) in [7, 11) is 28.9. The van der Waals surface area contributed by atoms with E-state index >= 15 is 0 Å². The van der Waals surface area contributed by atoms with E-state index in [-0.39, 0.29) is 86.5 Å². The highest BCUT2D eigenvalue weighted by Gasteiger charge is 2.23. The van der Waals surface area contributed by atoms with Crippen molar-refractivity contribution in [3.8, 4) is 17.2 Å². The molecular formula is C119H154Cl4N24O3+6. The van der Waals surface area contributed by atoms with E-state index in [1.807, 2.05) is 467 Å². The topological polar surface area (TPSA) is 243 Å². The van der Waals surface area contributed by atoms with Crippen LogP contribution in [0.4, 0.5) is 51.4 Å². The number of alkyl halides is 1. The summed E-state index contributed by atoms with van der Waals surface area (Å²) in [5, 5.41) is 54.7. The van der Waals surface area contributed by atoms with Gasteiger partial charge in [-0.15, -0.1) is 21.4 Å². The van der Waals surface area contributed by atoms with Crippen LogP contribution in [0.2, 0.25) is 5.02 Å². The van der Waals surface area contributed by atoms with Crippen molar-refractivity contribution in [2.75, 3.05) is 73.4 Å². The summed E-state index contributed by atoms with van der Waals surface area (Å²) in [6.07, 6.45) is 44.7. The molecule has 0 atom stereocenters. The second-order valence-corrected chi connectivity index (χ2v) is 34.7. The molecule has 0 saturated heterocycles. The van der Waals surface area contributed by atoms with E-state index < -0.39 is 0 Å². The fourth-order valence-electron chi connectivity index (χ4n) is 14.1. The lowest BCUT2D eigenvalue weighted by molar-refractivity contribution is -0.748. The molecule has 150 heavy (non-hydrogen) atoms. The second-order valence-electron chi connectivity index (χ2n) is 33.6. The van der Waals surface area contributed by atoms with Crippen LogP contribution in [0.5, 0.6) is 17.2 Å². The number of aryl methyl sites for hydroxylation is 10. The Kier molecular flexibility index (Phi) is 57.3. The number of hydrogen-bond acceptors (Lipinski definition) is 17. The van der Waals surface area contributed by atoms with E-state index in [0.717, 1.165) is 140 Å². The number of ether oxygens (including phenoxy) is 2. The number of pyridine rings is 6. The second kappa shape index (κ2) is 67.0. The third-order valence-corrected chi connectivity index (χ3v) is 23.6. The molecule has 0 bridgehead atoms. The zero-order chi connectivity index (χ0) is 101. The Hall–Kier alpha value is -15.9. The van der Waals surface area contributed by atoms with Crippen LogP contribution in [0.1, 0.15) is 121 Å². The van der Waals surface area contributed by atoms with Crippen LogP contribution in [-0.2, 0) is 76.9 Å². The zero-order valence-electron chi connectivity index (χ0n) is 84.3. The number of aromatic hydroxyl groups is 1. The monoisotopic (exact) mass is 2110 g/mol.